The van der Waals surface area contributed by atoms with Gasteiger partial charge in [-0.15, -0.1) is 0 Å². The third-order valence-electron chi connectivity index (χ3n) is 4.28. The Bertz CT molecular complexity index is 610. The number of anilines is 1. The molecule has 2 rings (SSSR count). The van der Waals surface area contributed by atoms with Crippen molar-refractivity contribution in [2.75, 3.05) is 26.0 Å². The van der Waals surface area contributed by atoms with Gasteiger partial charge in [0.1, 0.15) is 0 Å². The second-order valence-electron chi connectivity index (χ2n) is 6.18. The lowest BCUT2D eigenvalue weighted by atomic mass is 9.84. The molecule has 2 N–H and O–H groups in total. The van der Waals surface area contributed by atoms with Crippen molar-refractivity contribution in [3.05, 3.63) is 29.8 Å². The van der Waals surface area contributed by atoms with Crippen LogP contribution in [0.2, 0.25) is 0 Å². The van der Waals surface area contributed by atoms with Crippen LogP contribution in [0.3, 0.4) is 0 Å². The molecule has 1 aromatic carbocycles. The molecule has 0 bridgehead atoms. The van der Waals surface area contributed by atoms with E-state index in [-0.39, 0.29) is 11.9 Å². The van der Waals surface area contributed by atoms with Gasteiger partial charge in [-0.25, -0.2) is 4.79 Å². The monoisotopic (exact) mass is 314 g/mol. The van der Waals surface area contributed by atoms with E-state index in [1.807, 2.05) is 6.07 Å². The summed E-state index contributed by atoms with van der Waals surface area (Å²) in [5.41, 5.74) is 0.671. The summed E-state index contributed by atoms with van der Waals surface area (Å²) in [6.45, 7) is 0.339. The van der Waals surface area contributed by atoms with Gasteiger partial charge in [0.05, 0.1) is 17.0 Å². The van der Waals surface area contributed by atoms with Crippen LogP contribution in [-0.4, -0.2) is 37.5 Å². The number of nitrogens with one attached hydrogen (secondary N) is 2. The molecule has 0 saturated heterocycles. The lowest BCUT2D eigenvalue weighted by Crippen LogP contribution is -2.47. The first kappa shape index (κ1) is 16.8. The minimum atomic E-state index is -0.481. The van der Waals surface area contributed by atoms with Gasteiger partial charge in [-0.2, -0.15) is 5.26 Å². The van der Waals surface area contributed by atoms with Gasteiger partial charge in [-0.1, -0.05) is 12.8 Å². The number of amides is 3. The molecular weight excluding hydrogens is 292 g/mol. The van der Waals surface area contributed by atoms with E-state index in [0.717, 1.165) is 25.7 Å². The van der Waals surface area contributed by atoms with Crippen LogP contribution in [0.1, 0.15) is 31.2 Å². The van der Waals surface area contributed by atoms with E-state index in [1.54, 1.807) is 43.3 Å². The highest BCUT2D eigenvalue weighted by molar-refractivity contribution is 5.90. The molecule has 0 unspecified atom stereocenters. The number of nitriles is 1. The second kappa shape index (κ2) is 7.14. The molecule has 1 fully saturated rings. The number of rotatable bonds is 4. The van der Waals surface area contributed by atoms with Gasteiger partial charge in [-0.3, -0.25) is 4.79 Å². The summed E-state index contributed by atoms with van der Waals surface area (Å²) in [5.74, 6) is 0.0775. The molecule has 0 spiro atoms. The lowest BCUT2D eigenvalue weighted by Gasteiger charge is -2.30. The lowest BCUT2D eigenvalue weighted by molar-refractivity contribution is -0.138. The van der Waals surface area contributed by atoms with E-state index in [9.17, 15) is 9.59 Å². The maximum absolute atomic E-state index is 12.4. The van der Waals surface area contributed by atoms with Crippen molar-refractivity contribution in [3.8, 4) is 6.07 Å². The van der Waals surface area contributed by atoms with E-state index in [4.69, 9.17) is 5.26 Å². The number of nitrogens with zero attached hydrogens (tertiary/aromatic N) is 2. The molecule has 3 amide bonds. The summed E-state index contributed by atoms with van der Waals surface area (Å²) < 4.78 is 0. The SMILES string of the molecule is CN(C)C(=O)C1(CNC(=O)Nc2ccc(C#N)cc2)CCCC1. The summed E-state index contributed by atoms with van der Waals surface area (Å²) in [6, 6.07) is 8.32. The molecule has 0 atom stereocenters. The molecule has 6 nitrogen and oxygen atoms in total. The minimum absolute atomic E-state index is 0.0775. The number of carbonyl (C=O) groups excluding carboxylic acids is 2. The standard InChI is InChI=1S/C17H22N4O2/c1-21(2)15(22)17(9-3-4-10-17)12-19-16(23)20-14-7-5-13(11-18)6-8-14/h5-8H,3-4,9-10,12H2,1-2H3,(H2,19,20,23). The molecule has 0 aromatic heterocycles. The zero-order valence-corrected chi connectivity index (χ0v) is 13.6. The average Bonchev–Trinajstić information content (AvgIpc) is 3.03. The first-order valence-electron chi connectivity index (χ1n) is 7.74. The highest BCUT2D eigenvalue weighted by Crippen LogP contribution is 2.38. The normalized spacial score (nSPS) is 15.5. The molecular formula is C17H22N4O2. The Morgan fingerprint density at radius 3 is 2.35 bits per heavy atom. The maximum Gasteiger partial charge on any atom is 0.319 e. The zero-order valence-electron chi connectivity index (χ0n) is 13.6. The van der Waals surface area contributed by atoms with Crippen LogP contribution in [0.5, 0.6) is 0 Å². The van der Waals surface area contributed by atoms with Crippen LogP contribution in [0, 0.1) is 16.7 Å². The average molecular weight is 314 g/mol. The molecule has 0 aliphatic heterocycles. The molecule has 0 radical (unpaired) electrons. The number of carbonyl (C=O) groups is 2. The first-order valence-corrected chi connectivity index (χ1v) is 7.74. The van der Waals surface area contributed by atoms with E-state index >= 15 is 0 Å². The van der Waals surface area contributed by atoms with E-state index < -0.39 is 5.41 Å². The number of benzene rings is 1. The third kappa shape index (κ3) is 4.01. The largest absolute Gasteiger partial charge is 0.348 e. The Hall–Kier alpha value is -2.55. The van der Waals surface area contributed by atoms with Gasteiger partial charge in [0.25, 0.3) is 0 Å². The number of hydrogen-bond donors (Lipinski definition) is 2. The molecule has 6 heteroatoms. The van der Waals surface area contributed by atoms with Crippen molar-refractivity contribution in [2.24, 2.45) is 5.41 Å². The van der Waals surface area contributed by atoms with Crippen molar-refractivity contribution >= 4 is 17.6 Å². The first-order chi connectivity index (χ1) is 11.0. The van der Waals surface area contributed by atoms with Crippen molar-refractivity contribution in [2.45, 2.75) is 25.7 Å². The van der Waals surface area contributed by atoms with Crippen LogP contribution < -0.4 is 10.6 Å². The predicted molar refractivity (Wildman–Crippen MR) is 87.8 cm³/mol. The van der Waals surface area contributed by atoms with Crippen LogP contribution in [0.4, 0.5) is 10.5 Å². The Labute approximate surface area is 136 Å². The Kier molecular flexibility index (Phi) is 5.22. The minimum Gasteiger partial charge on any atom is -0.348 e. The molecule has 122 valence electrons. The molecule has 1 saturated carbocycles. The summed E-state index contributed by atoms with van der Waals surface area (Å²) in [5, 5.41) is 14.3. The van der Waals surface area contributed by atoms with Gasteiger partial charge in [0, 0.05) is 26.3 Å². The van der Waals surface area contributed by atoms with Gasteiger partial charge in [0.2, 0.25) is 5.91 Å². The highest BCUT2D eigenvalue weighted by atomic mass is 16.2. The van der Waals surface area contributed by atoms with Crippen LogP contribution >= 0.6 is 0 Å². The molecule has 1 aliphatic rings. The summed E-state index contributed by atoms with van der Waals surface area (Å²) >= 11 is 0. The molecule has 1 aliphatic carbocycles. The third-order valence-corrected chi connectivity index (χ3v) is 4.28. The summed E-state index contributed by atoms with van der Waals surface area (Å²) in [7, 11) is 3.50. The molecule has 1 aromatic rings. The number of urea groups is 1. The number of hydrogen-bond acceptors (Lipinski definition) is 3. The fourth-order valence-electron chi connectivity index (χ4n) is 3.05. The summed E-state index contributed by atoms with van der Waals surface area (Å²) in [4.78, 5) is 26.1. The van der Waals surface area contributed by atoms with Crippen molar-refractivity contribution in [1.29, 1.82) is 5.26 Å². The van der Waals surface area contributed by atoms with Crippen molar-refractivity contribution < 1.29 is 9.59 Å². The van der Waals surface area contributed by atoms with Gasteiger partial charge >= 0.3 is 6.03 Å². The van der Waals surface area contributed by atoms with E-state index in [2.05, 4.69) is 10.6 Å². The van der Waals surface area contributed by atoms with Gasteiger partial charge in [0.15, 0.2) is 0 Å². The van der Waals surface area contributed by atoms with Gasteiger partial charge < -0.3 is 15.5 Å². The quantitative estimate of drug-likeness (QED) is 0.894. The Morgan fingerprint density at radius 1 is 1.22 bits per heavy atom. The smallest absolute Gasteiger partial charge is 0.319 e. The fourth-order valence-corrected chi connectivity index (χ4v) is 3.05. The molecule has 0 heterocycles. The van der Waals surface area contributed by atoms with Crippen LogP contribution in [0.25, 0.3) is 0 Å². The maximum atomic E-state index is 12.4. The predicted octanol–water partition coefficient (Wildman–Crippen LogP) is 2.33. The van der Waals surface area contributed by atoms with Crippen molar-refractivity contribution in [3.63, 3.8) is 0 Å². The van der Waals surface area contributed by atoms with Crippen LogP contribution in [0.15, 0.2) is 24.3 Å². The van der Waals surface area contributed by atoms with Gasteiger partial charge in [-0.05, 0) is 37.1 Å². The Morgan fingerprint density at radius 2 is 1.83 bits per heavy atom. The fraction of sp³-hybridized carbons (Fsp3) is 0.471. The second-order valence-corrected chi connectivity index (χ2v) is 6.18. The highest BCUT2D eigenvalue weighted by Gasteiger charge is 2.42. The Balaban J connectivity index is 1.94. The van der Waals surface area contributed by atoms with Crippen molar-refractivity contribution in [1.82, 2.24) is 10.2 Å². The summed E-state index contributed by atoms with van der Waals surface area (Å²) in [6.07, 6.45) is 3.64. The van der Waals surface area contributed by atoms with E-state index in [0.29, 0.717) is 17.8 Å². The topological polar surface area (TPSA) is 85.2 Å². The zero-order chi connectivity index (χ0) is 16.9. The molecule has 23 heavy (non-hydrogen) atoms. The van der Waals surface area contributed by atoms with E-state index in [1.165, 1.54) is 0 Å². The van der Waals surface area contributed by atoms with Crippen LogP contribution in [-0.2, 0) is 4.79 Å².